The van der Waals surface area contributed by atoms with Gasteiger partial charge in [-0.25, -0.2) is 4.98 Å². The van der Waals surface area contributed by atoms with E-state index in [0.717, 1.165) is 6.20 Å². The van der Waals surface area contributed by atoms with Gasteiger partial charge < -0.3 is 10.5 Å². The standard InChI is InChI=1S/C13H12ClF3N2OS/c1-7(20-9-4-2-3-8(14)5-9)11(18)10-6-19-12(21-10)13(15,16)17/h2-7,11H,18H2,1H3. The molecular formula is C13H12ClF3N2OS. The van der Waals surface area contributed by atoms with Crippen molar-refractivity contribution in [3.05, 3.63) is 45.4 Å². The van der Waals surface area contributed by atoms with Crippen LogP contribution in [0.15, 0.2) is 30.5 Å². The zero-order chi connectivity index (χ0) is 15.6. The van der Waals surface area contributed by atoms with Crippen molar-refractivity contribution in [3.8, 4) is 5.75 Å². The summed E-state index contributed by atoms with van der Waals surface area (Å²) < 4.78 is 43.1. The van der Waals surface area contributed by atoms with Gasteiger partial charge in [0.2, 0.25) is 0 Å². The van der Waals surface area contributed by atoms with Gasteiger partial charge in [-0.3, -0.25) is 0 Å². The van der Waals surface area contributed by atoms with Crippen molar-refractivity contribution in [1.29, 1.82) is 0 Å². The molecular weight excluding hydrogens is 325 g/mol. The number of aromatic nitrogens is 1. The Morgan fingerprint density at radius 3 is 2.67 bits per heavy atom. The molecule has 21 heavy (non-hydrogen) atoms. The zero-order valence-electron chi connectivity index (χ0n) is 10.9. The van der Waals surface area contributed by atoms with E-state index in [0.29, 0.717) is 27.0 Å². The number of nitrogens with zero attached hydrogens (tertiary/aromatic N) is 1. The van der Waals surface area contributed by atoms with E-state index in [1.54, 1.807) is 31.2 Å². The number of rotatable bonds is 4. The summed E-state index contributed by atoms with van der Waals surface area (Å²) in [5.41, 5.74) is 5.93. The maximum Gasteiger partial charge on any atom is 0.443 e. The van der Waals surface area contributed by atoms with Gasteiger partial charge >= 0.3 is 6.18 Å². The van der Waals surface area contributed by atoms with E-state index in [1.165, 1.54) is 0 Å². The first-order valence-electron chi connectivity index (χ1n) is 5.98. The molecule has 2 rings (SSSR count). The molecule has 0 spiro atoms. The average molecular weight is 337 g/mol. The van der Waals surface area contributed by atoms with Crippen molar-refractivity contribution in [2.45, 2.75) is 25.2 Å². The van der Waals surface area contributed by atoms with Crippen molar-refractivity contribution in [3.63, 3.8) is 0 Å². The van der Waals surface area contributed by atoms with Gasteiger partial charge in [-0.15, -0.1) is 11.3 Å². The number of thiazole rings is 1. The van der Waals surface area contributed by atoms with E-state index in [4.69, 9.17) is 22.1 Å². The maximum atomic E-state index is 12.5. The Kier molecular flexibility index (Phi) is 4.75. The van der Waals surface area contributed by atoms with Gasteiger partial charge in [0.05, 0.1) is 6.04 Å². The number of benzene rings is 1. The van der Waals surface area contributed by atoms with Gasteiger partial charge in [-0.1, -0.05) is 17.7 Å². The molecule has 0 saturated heterocycles. The van der Waals surface area contributed by atoms with Crippen LogP contribution in [0, 0.1) is 0 Å². The van der Waals surface area contributed by atoms with Crippen LogP contribution in [0.3, 0.4) is 0 Å². The van der Waals surface area contributed by atoms with Gasteiger partial charge in [0, 0.05) is 16.1 Å². The van der Waals surface area contributed by atoms with Crippen LogP contribution in [0.4, 0.5) is 13.2 Å². The van der Waals surface area contributed by atoms with E-state index in [-0.39, 0.29) is 0 Å². The SMILES string of the molecule is CC(Oc1cccc(Cl)c1)C(N)c1cnc(C(F)(F)F)s1. The zero-order valence-corrected chi connectivity index (χ0v) is 12.5. The predicted octanol–water partition coefficient (Wildman–Crippen LogP) is 4.28. The van der Waals surface area contributed by atoms with Gasteiger partial charge in [0.1, 0.15) is 11.9 Å². The molecule has 0 amide bonds. The summed E-state index contributed by atoms with van der Waals surface area (Å²) in [5, 5.41) is -0.409. The largest absolute Gasteiger partial charge is 0.489 e. The van der Waals surface area contributed by atoms with E-state index in [2.05, 4.69) is 4.98 Å². The second-order valence-electron chi connectivity index (χ2n) is 4.37. The molecule has 0 aliphatic heterocycles. The number of hydrogen-bond donors (Lipinski definition) is 1. The van der Waals surface area contributed by atoms with Gasteiger partial charge in [0.25, 0.3) is 0 Å². The van der Waals surface area contributed by atoms with E-state index in [1.807, 2.05) is 0 Å². The monoisotopic (exact) mass is 336 g/mol. The Bertz CT molecular complexity index is 617. The van der Waals surface area contributed by atoms with Crippen LogP contribution >= 0.6 is 22.9 Å². The molecule has 2 aromatic rings. The van der Waals surface area contributed by atoms with Crippen molar-refractivity contribution < 1.29 is 17.9 Å². The Morgan fingerprint density at radius 1 is 1.38 bits per heavy atom. The molecule has 2 N–H and O–H groups in total. The summed E-state index contributed by atoms with van der Waals surface area (Å²) in [6.45, 7) is 1.68. The Labute approximate surface area is 128 Å². The first kappa shape index (κ1) is 16.1. The number of nitrogens with two attached hydrogens (primary N) is 1. The van der Waals surface area contributed by atoms with Crippen LogP contribution in [-0.4, -0.2) is 11.1 Å². The fourth-order valence-electron chi connectivity index (χ4n) is 1.63. The molecule has 8 heteroatoms. The molecule has 0 radical (unpaired) electrons. The molecule has 0 saturated carbocycles. The highest BCUT2D eigenvalue weighted by Gasteiger charge is 2.35. The topological polar surface area (TPSA) is 48.1 Å². The summed E-state index contributed by atoms with van der Waals surface area (Å²) in [4.78, 5) is 3.67. The predicted molar refractivity (Wildman–Crippen MR) is 75.6 cm³/mol. The van der Waals surface area contributed by atoms with Crippen LogP contribution in [0.25, 0.3) is 0 Å². The Balaban J connectivity index is 2.08. The van der Waals surface area contributed by atoms with Crippen LogP contribution in [0.1, 0.15) is 22.9 Å². The highest BCUT2D eigenvalue weighted by molar-refractivity contribution is 7.11. The second-order valence-corrected chi connectivity index (χ2v) is 5.87. The molecule has 1 aromatic carbocycles. The molecule has 3 nitrogen and oxygen atoms in total. The van der Waals surface area contributed by atoms with Crippen LogP contribution in [-0.2, 0) is 6.18 Å². The third-order valence-corrected chi connectivity index (χ3v) is 4.10. The van der Waals surface area contributed by atoms with Crippen LogP contribution in [0.5, 0.6) is 5.75 Å². The summed E-state index contributed by atoms with van der Waals surface area (Å²) in [6.07, 6.45) is -3.85. The van der Waals surface area contributed by atoms with Crippen molar-refractivity contribution >= 4 is 22.9 Å². The lowest BCUT2D eigenvalue weighted by molar-refractivity contribution is -0.137. The average Bonchev–Trinajstić information content (AvgIpc) is 2.87. The maximum absolute atomic E-state index is 12.5. The first-order valence-corrected chi connectivity index (χ1v) is 7.17. The minimum Gasteiger partial charge on any atom is -0.489 e. The van der Waals surface area contributed by atoms with E-state index >= 15 is 0 Å². The summed E-state index contributed by atoms with van der Waals surface area (Å²) >= 11 is 6.36. The van der Waals surface area contributed by atoms with Crippen LogP contribution < -0.4 is 10.5 Å². The molecule has 1 heterocycles. The lowest BCUT2D eigenvalue weighted by atomic mass is 10.2. The summed E-state index contributed by atoms with van der Waals surface area (Å²) in [7, 11) is 0. The normalized spacial score (nSPS) is 14.8. The van der Waals surface area contributed by atoms with Crippen LogP contribution in [0.2, 0.25) is 5.02 Å². The molecule has 2 unspecified atom stereocenters. The highest BCUT2D eigenvalue weighted by Crippen LogP contribution is 2.35. The fraction of sp³-hybridized carbons (Fsp3) is 0.308. The first-order chi connectivity index (χ1) is 9.77. The molecule has 0 bridgehead atoms. The number of ether oxygens (including phenoxy) is 1. The molecule has 114 valence electrons. The van der Waals surface area contributed by atoms with Gasteiger partial charge in [-0.05, 0) is 25.1 Å². The molecule has 0 fully saturated rings. The molecule has 0 aliphatic carbocycles. The van der Waals surface area contributed by atoms with Crippen molar-refractivity contribution in [1.82, 2.24) is 4.98 Å². The van der Waals surface area contributed by atoms with E-state index in [9.17, 15) is 13.2 Å². The third kappa shape index (κ3) is 4.09. The lowest BCUT2D eigenvalue weighted by Crippen LogP contribution is -2.28. The number of halogens is 4. The van der Waals surface area contributed by atoms with Crippen molar-refractivity contribution in [2.24, 2.45) is 5.73 Å². The third-order valence-electron chi connectivity index (χ3n) is 2.72. The number of hydrogen-bond acceptors (Lipinski definition) is 4. The second kappa shape index (κ2) is 6.21. The van der Waals surface area contributed by atoms with Gasteiger partial charge in [-0.2, -0.15) is 13.2 Å². The Morgan fingerprint density at radius 2 is 2.10 bits per heavy atom. The fourth-order valence-corrected chi connectivity index (χ4v) is 2.69. The van der Waals surface area contributed by atoms with E-state index < -0.39 is 23.3 Å². The summed E-state index contributed by atoms with van der Waals surface area (Å²) in [6, 6.07) is 6.00. The highest BCUT2D eigenvalue weighted by atomic mass is 35.5. The quantitative estimate of drug-likeness (QED) is 0.906. The molecule has 1 aromatic heterocycles. The van der Waals surface area contributed by atoms with Crippen molar-refractivity contribution in [2.75, 3.05) is 0 Å². The number of alkyl halides is 3. The summed E-state index contributed by atoms with van der Waals surface area (Å²) in [5.74, 6) is 0.506. The lowest BCUT2D eigenvalue weighted by Gasteiger charge is -2.20. The minimum absolute atomic E-state index is 0.317. The Hall–Kier alpha value is -1.31. The molecule has 0 aliphatic rings. The minimum atomic E-state index is -4.46. The molecule has 2 atom stereocenters. The van der Waals surface area contributed by atoms with Gasteiger partial charge in [0.15, 0.2) is 5.01 Å². The smallest absolute Gasteiger partial charge is 0.443 e.